The van der Waals surface area contributed by atoms with Crippen molar-refractivity contribution in [3.05, 3.63) is 30.3 Å². The van der Waals surface area contributed by atoms with E-state index in [4.69, 9.17) is 15.2 Å². The van der Waals surface area contributed by atoms with Crippen molar-refractivity contribution in [2.45, 2.75) is 57.8 Å². The van der Waals surface area contributed by atoms with Crippen LogP contribution in [-0.2, 0) is 19.1 Å². The molecule has 0 aliphatic carbocycles. The first-order valence-electron chi connectivity index (χ1n) is 7.98. The fourth-order valence-corrected chi connectivity index (χ4v) is 2.05. The first-order chi connectivity index (χ1) is 11.2. The van der Waals surface area contributed by atoms with Gasteiger partial charge in [-0.2, -0.15) is 0 Å². The number of carbonyl (C=O) groups is 2. The quantitative estimate of drug-likeness (QED) is 0.733. The van der Waals surface area contributed by atoms with Crippen molar-refractivity contribution in [3.63, 3.8) is 0 Å². The van der Waals surface area contributed by atoms with E-state index in [2.05, 4.69) is 4.74 Å². The molecule has 6 nitrogen and oxygen atoms in total. The molecular weight excluding hydrogens is 310 g/mol. The Morgan fingerprint density at radius 3 is 2.33 bits per heavy atom. The van der Waals surface area contributed by atoms with E-state index >= 15 is 0 Å². The number of rotatable bonds is 8. The van der Waals surface area contributed by atoms with Crippen LogP contribution in [0.15, 0.2) is 30.3 Å². The SMILES string of the molecule is COC(=O)CCC(CC(N)C(=O)OC(C)(C)C)Oc1ccccc1. The van der Waals surface area contributed by atoms with Gasteiger partial charge in [0.1, 0.15) is 23.5 Å². The van der Waals surface area contributed by atoms with Crippen LogP contribution in [0, 0.1) is 0 Å². The lowest BCUT2D eigenvalue weighted by atomic mass is 10.0. The third-order valence-electron chi connectivity index (χ3n) is 3.17. The highest BCUT2D eigenvalue weighted by Crippen LogP contribution is 2.18. The van der Waals surface area contributed by atoms with E-state index < -0.39 is 23.7 Å². The summed E-state index contributed by atoms with van der Waals surface area (Å²) in [6.45, 7) is 5.35. The highest BCUT2D eigenvalue weighted by molar-refractivity contribution is 5.76. The summed E-state index contributed by atoms with van der Waals surface area (Å²) in [6, 6.07) is 8.37. The Morgan fingerprint density at radius 2 is 1.79 bits per heavy atom. The van der Waals surface area contributed by atoms with E-state index in [1.54, 1.807) is 20.8 Å². The molecule has 0 amide bonds. The summed E-state index contributed by atoms with van der Waals surface area (Å²) in [7, 11) is 1.34. The summed E-state index contributed by atoms with van der Waals surface area (Å²) < 4.78 is 15.8. The summed E-state index contributed by atoms with van der Waals surface area (Å²) in [5.74, 6) is -0.159. The monoisotopic (exact) mass is 337 g/mol. The van der Waals surface area contributed by atoms with Crippen LogP contribution in [0.1, 0.15) is 40.0 Å². The highest BCUT2D eigenvalue weighted by Gasteiger charge is 2.26. The van der Waals surface area contributed by atoms with Gasteiger partial charge in [-0.25, -0.2) is 0 Å². The zero-order valence-corrected chi connectivity index (χ0v) is 14.8. The Morgan fingerprint density at radius 1 is 1.17 bits per heavy atom. The van der Waals surface area contributed by atoms with Crippen LogP contribution >= 0.6 is 0 Å². The summed E-state index contributed by atoms with van der Waals surface area (Å²) >= 11 is 0. The number of ether oxygens (including phenoxy) is 3. The molecule has 1 aromatic rings. The minimum atomic E-state index is -0.824. The number of hydrogen-bond donors (Lipinski definition) is 1. The standard InChI is InChI=1S/C18H27NO5/c1-18(2,3)24-17(21)15(19)12-14(10-11-16(20)22-4)23-13-8-6-5-7-9-13/h5-9,14-15H,10-12,19H2,1-4H3. The predicted octanol–water partition coefficient (Wildman–Crippen LogP) is 2.45. The maximum Gasteiger partial charge on any atom is 0.323 e. The van der Waals surface area contributed by atoms with Crippen LogP contribution in [0.5, 0.6) is 5.75 Å². The largest absolute Gasteiger partial charge is 0.490 e. The molecule has 0 saturated carbocycles. The molecule has 2 N–H and O–H groups in total. The third-order valence-corrected chi connectivity index (χ3v) is 3.17. The predicted molar refractivity (Wildman–Crippen MR) is 90.5 cm³/mol. The molecule has 1 aromatic carbocycles. The van der Waals surface area contributed by atoms with Gasteiger partial charge >= 0.3 is 11.9 Å². The zero-order valence-electron chi connectivity index (χ0n) is 14.8. The first-order valence-corrected chi connectivity index (χ1v) is 7.98. The molecule has 0 spiro atoms. The second kappa shape index (κ2) is 9.27. The molecule has 2 unspecified atom stereocenters. The van der Waals surface area contributed by atoms with E-state index in [9.17, 15) is 9.59 Å². The number of para-hydroxylation sites is 1. The van der Waals surface area contributed by atoms with Crippen LogP contribution < -0.4 is 10.5 Å². The molecule has 0 aliphatic heterocycles. The molecule has 24 heavy (non-hydrogen) atoms. The summed E-state index contributed by atoms with van der Waals surface area (Å²) in [5, 5.41) is 0. The number of esters is 2. The second-order valence-corrected chi connectivity index (χ2v) is 6.54. The van der Waals surface area contributed by atoms with E-state index in [0.717, 1.165) is 0 Å². The van der Waals surface area contributed by atoms with Crippen molar-refractivity contribution in [2.24, 2.45) is 5.73 Å². The number of methoxy groups -OCH3 is 1. The first kappa shape index (κ1) is 20.0. The molecule has 6 heteroatoms. The van der Waals surface area contributed by atoms with Crippen molar-refractivity contribution in [2.75, 3.05) is 7.11 Å². The Labute approximate surface area is 143 Å². The molecule has 0 heterocycles. The van der Waals surface area contributed by atoms with Crippen LogP contribution in [0.4, 0.5) is 0 Å². The Bertz CT molecular complexity index is 524. The Kier molecular flexibility index (Phi) is 7.71. The van der Waals surface area contributed by atoms with Gasteiger partial charge in [0.15, 0.2) is 0 Å². The molecular formula is C18H27NO5. The van der Waals surface area contributed by atoms with Gasteiger partial charge in [0.05, 0.1) is 7.11 Å². The van der Waals surface area contributed by atoms with Gasteiger partial charge in [-0.3, -0.25) is 9.59 Å². The normalized spacial score (nSPS) is 13.7. The van der Waals surface area contributed by atoms with Gasteiger partial charge in [0, 0.05) is 12.8 Å². The number of carbonyl (C=O) groups excluding carboxylic acids is 2. The van der Waals surface area contributed by atoms with Gasteiger partial charge < -0.3 is 19.9 Å². The van der Waals surface area contributed by atoms with Gasteiger partial charge in [-0.15, -0.1) is 0 Å². The van der Waals surface area contributed by atoms with Gasteiger partial charge in [0.25, 0.3) is 0 Å². The lowest BCUT2D eigenvalue weighted by molar-refractivity contribution is -0.157. The Hall–Kier alpha value is -2.08. The summed E-state index contributed by atoms with van der Waals surface area (Å²) in [6.07, 6.45) is 0.447. The molecule has 0 fully saturated rings. The highest BCUT2D eigenvalue weighted by atomic mass is 16.6. The van der Waals surface area contributed by atoms with Gasteiger partial charge in [0.2, 0.25) is 0 Å². The fourth-order valence-electron chi connectivity index (χ4n) is 2.05. The lowest BCUT2D eigenvalue weighted by Gasteiger charge is -2.25. The summed E-state index contributed by atoms with van der Waals surface area (Å²) in [4.78, 5) is 23.4. The van der Waals surface area contributed by atoms with E-state index in [0.29, 0.717) is 12.2 Å². The van der Waals surface area contributed by atoms with Crippen LogP contribution in [0.3, 0.4) is 0 Å². The second-order valence-electron chi connectivity index (χ2n) is 6.54. The van der Waals surface area contributed by atoms with Crippen molar-refractivity contribution < 1.29 is 23.8 Å². The van der Waals surface area contributed by atoms with Crippen LogP contribution in [-0.4, -0.2) is 36.8 Å². The van der Waals surface area contributed by atoms with E-state index in [1.165, 1.54) is 7.11 Å². The van der Waals surface area contributed by atoms with E-state index in [-0.39, 0.29) is 18.8 Å². The minimum Gasteiger partial charge on any atom is -0.490 e. The number of benzene rings is 1. The van der Waals surface area contributed by atoms with Crippen LogP contribution in [0.25, 0.3) is 0 Å². The van der Waals surface area contributed by atoms with Crippen molar-refractivity contribution in [1.82, 2.24) is 0 Å². The number of hydrogen-bond acceptors (Lipinski definition) is 6. The van der Waals surface area contributed by atoms with Gasteiger partial charge in [-0.05, 0) is 39.3 Å². The Balaban J connectivity index is 2.69. The zero-order chi connectivity index (χ0) is 18.2. The van der Waals surface area contributed by atoms with Crippen molar-refractivity contribution >= 4 is 11.9 Å². The molecule has 134 valence electrons. The number of nitrogens with two attached hydrogens (primary N) is 1. The summed E-state index contributed by atoms with van der Waals surface area (Å²) in [5.41, 5.74) is 5.35. The molecule has 0 saturated heterocycles. The average molecular weight is 337 g/mol. The maximum atomic E-state index is 12.0. The minimum absolute atomic E-state index is 0.190. The fraction of sp³-hybridized carbons (Fsp3) is 0.556. The smallest absolute Gasteiger partial charge is 0.323 e. The van der Waals surface area contributed by atoms with Gasteiger partial charge in [-0.1, -0.05) is 18.2 Å². The van der Waals surface area contributed by atoms with Crippen molar-refractivity contribution in [3.8, 4) is 5.75 Å². The topological polar surface area (TPSA) is 87.9 Å². The molecule has 0 radical (unpaired) electrons. The van der Waals surface area contributed by atoms with Crippen molar-refractivity contribution in [1.29, 1.82) is 0 Å². The third kappa shape index (κ3) is 7.97. The molecule has 1 rings (SSSR count). The molecule has 0 aliphatic rings. The molecule has 2 atom stereocenters. The average Bonchev–Trinajstić information content (AvgIpc) is 2.51. The van der Waals surface area contributed by atoms with E-state index in [1.807, 2.05) is 30.3 Å². The molecule has 0 aromatic heterocycles. The lowest BCUT2D eigenvalue weighted by Crippen LogP contribution is -2.40. The molecule has 0 bridgehead atoms. The maximum absolute atomic E-state index is 12.0. The van der Waals surface area contributed by atoms with Crippen LogP contribution in [0.2, 0.25) is 0 Å².